The Morgan fingerprint density at radius 2 is 2.06 bits per heavy atom. The van der Waals surface area contributed by atoms with Gasteiger partial charge in [-0.15, -0.1) is 0 Å². The Balaban J connectivity index is 2.23. The highest BCUT2D eigenvalue weighted by molar-refractivity contribution is 5.93. The van der Waals surface area contributed by atoms with Crippen LogP contribution in [-0.2, 0) is 22.4 Å². The van der Waals surface area contributed by atoms with Gasteiger partial charge in [0.15, 0.2) is 5.52 Å². The fraction of sp³-hybridized carbons (Fsp3) is 0.476. The molecule has 0 bridgehead atoms. The zero-order valence-corrected chi connectivity index (χ0v) is 19.0. The van der Waals surface area contributed by atoms with E-state index in [9.17, 15) is 9.59 Å². The number of nitrogens with zero attached hydrogens (tertiary/aromatic N) is 5. The number of fused-ring (bicyclic) bond motifs is 1. The molecule has 0 fully saturated rings. The maximum atomic E-state index is 12.9. The van der Waals surface area contributed by atoms with E-state index in [0.29, 0.717) is 36.3 Å². The molecule has 0 aliphatic carbocycles. The molecule has 32 heavy (non-hydrogen) atoms. The van der Waals surface area contributed by atoms with Crippen LogP contribution >= 0.6 is 0 Å². The number of nitrogens with two attached hydrogens (primary N) is 1. The number of amides is 1. The predicted molar refractivity (Wildman–Crippen MR) is 119 cm³/mol. The number of nitrogens with one attached hydrogen (secondary N) is 1. The standard InChI is InChI=1S/C21H29N7O4/c1-6-14-16-17(26-28(14)9-8-27(3)4)20(30)25-19(24-16)13-10-12(18(22)29)11-23-15(13)21(31-5)32-7-2/h10-11,21H,6-9H2,1-5H3,(H2,22,29)(H,24,25,30). The Morgan fingerprint density at radius 3 is 2.66 bits per heavy atom. The van der Waals surface area contributed by atoms with Gasteiger partial charge in [0.2, 0.25) is 12.2 Å². The van der Waals surface area contributed by atoms with Crippen molar-refractivity contribution < 1.29 is 14.3 Å². The summed E-state index contributed by atoms with van der Waals surface area (Å²) in [5.41, 5.74) is 7.63. The fourth-order valence-corrected chi connectivity index (χ4v) is 3.42. The van der Waals surface area contributed by atoms with Crippen LogP contribution in [0.3, 0.4) is 0 Å². The lowest BCUT2D eigenvalue weighted by molar-refractivity contribution is -0.126. The van der Waals surface area contributed by atoms with Crippen LogP contribution in [0.25, 0.3) is 22.4 Å². The molecule has 3 heterocycles. The smallest absolute Gasteiger partial charge is 0.279 e. The number of pyridine rings is 1. The SMILES string of the molecule is CCOC(OC)c1ncc(C(N)=O)cc1-c1nc2c(CC)n(CCN(C)C)nc2c(=O)[nH]1. The summed E-state index contributed by atoms with van der Waals surface area (Å²) in [6, 6.07) is 1.53. The minimum Gasteiger partial charge on any atom is -0.366 e. The number of ether oxygens (including phenoxy) is 2. The fourth-order valence-electron chi connectivity index (χ4n) is 3.42. The molecular formula is C21H29N7O4. The summed E-state index contributed by atoms with van der Waals surface area (Å²) in [6.07, 6.45) is 1.18. The second kappa shape index (κ2) is 9.98. The number of likely N-dealkylation sites (N-methyl/N-ethyl adjacent to an activating group) is 1. The summed E-state index contributed by atoms with van der Waals surface area (Å²) in [6.45, 7) is 5.58. The number of aryl methyl sites for hydroxylation is 1. The van der Waals surface area contributed by atoms with E-state index in [-0.39, 0.29) is 22.5 Å². The Bertz CT molecular complexity index is 1170. The number of hydrogen-bond acceptors (Lipinski definition) is 8. The van der Waals surface area contributed by atoms with E-state index in [4.69, 9.17) is 20.2 Å². The maximum absolute atomic E-state index is 12.9. The number of hydrogen-bond donors (Lipinski definition) is 2. The third kappa shape index (κ3) is 4.69. The molecule has 11 heteroatoms. The Labute approximate surface area is 185 Å². The van der Waals surface area contributed by atoms with Crippen LogP contribution < -0.4 is 11.3 Å². The van der Waals surface area contributed by atoms with E-state index in [0.717, 1.165) is 12.2 Å². The van der Waals surface area contributed by atoms with Gasteiger partial charge < -0.3 is 25.1 Å². The second-order valence-electron chi connectivity index (χ2n) is 7.48. The maximum Gasteiger partial charge on any atom is 0.279 e. The molecule has 0 spiro atoms. The van der Waals surface area contributed by atoms with Crippen molar-refractivity contribution in [3.05, 3.63) is 39.6 Å². The zero-order valence-electron chi connectivity index (χ0n) is 19.0. The predicted octanol–water partition coefficient (Wildman–Crippen LogP) is 1.09. The third-order valence-electron chi connectivity index (χ3n) is 5.01. The third-order valence-corrected chi connectivity index (χ3v) is 5.01. The molecule has 3 N–H and O–H groups in total. The Kier molecular flexibility index (Phi) is 7.33. The minimum absolute atomic E-state index is 0.176. The number of carbonyl (C=O) groups is 1. The van der Waals surface area contributed by atoms with Crippen LogP contribution in [0.5, 0.6) is 0 Å². The molecule has 3 aromatic heterocycles. The first-order valence-electron chi connectivity index (χ1n) is 10.4. The van der Waals surface area contributed by atoms with Gasteiger partial charge >= 0.3 is 0 Å². The lowest BCUT2D eigenvalue weighted by atomic mass is 10.1. The lowest BCUT2D eigenvalue weighted by Crippen LogP contribution is -2.20. The van der Waals surface area contributed by atoms with Crippen LogP contribution in [0.1, 0.15) is 41.9 Å². The number of primary amides is 1. The van der Waals surface area contributed by atoms with E-state index < -0.39 is 12.2 Å². The molecule has 0 saturated carbocycles. The average Bonchev–Trinajstić information content (AvgIpc) is 3.13. The van der Waals surface area contributed by atoms with Crippen molar-refractivity contribution in [1.82, 2.24) is 29.6 Å². The van der Waals surface area contributed by atoms with E-state index in [1.165, 1.54) is 19.4 Å². The van der Waals surface area contributed by atoms with Gasteiger partial charge in [-0.25, -0.2) is 4.98 Å². The molecule has 0 saturated heterocycles. The molecule has 0 radical (unpaired) electrons. The molecular weight excluding hydrogens is 414 g/mol. The van der Waals surface area contributed by atoms with Crippen molar-refractivity contribution in [3.8, 4) is 11.4 Å². The highest BCUT2D eigenvalue weighted by Gasteiger charge is 2.23. The Morgan fingerprint density at radius 1 is 1.31 bits per heavy atom. The highest BCUT2D eigenvalue weighted by Crippen LogP contribution is 2.28. The lowest BCUT2D eigenvalue weighted by Gasteiger charge is -2.18. The second-order valence-corrected chi connectivity index (χ2v) is 7.48. The van der Waals surface area contributed by atoms with Gasteiger partial charge in [0.05, 0.1) is 17.8 Å². The molecule has 1 unspecified atom stereocenters. The van der Waals surface area contributed by atoms with Crippen molar-refractivity contribution >= 4 is 16.9 Å². The van der Waals surface area contributed by atoms with Crippen LogP contribution in [0.4, 0.5) is 0 Å². The quantitative estimate of drug-likeness (QED) is 0.444. The van der Waals surface area contributed by atoms with Crippen molar-refractivity contribution in [2.24, 2.45) is 5.73 Å². The highest BCUT2D eigenvalue weighted by atomic mass is 16.7. The van der Waals surface area contributed by atoms with Crippen molar-refractivity contribution in [2.75, 3.05) is 34.4 Å². The number of H-pyrrole nitrogens is 1. The van der Waals surface area contributed by atoms with Gasteiger partial charge in [0.1, 0.15) is 17.0 Å². The monoisotopic (exact) mass is 443 g/mol. The van der Waals surface area contributed by atoms with E-state index in [1.807, 2.05) is 37.5 Å². The van der Waals surface area contributed by atoms with Gasteiger partial charge in [0.25, 0.3) is 5.56 Å². The van der Waals surface area contributed by atoms with Gasteiger partial charge in [-0.3, -0.25) is 19.3 Å². The van der Waals surface area contributed by atoms with Crippen LogP contribution in [-0.4, -0.2) is 69.9 Å². The summed E-state index contributed by atoms with van der Waals surface area (Å²) in [5.74, 6) is -0.415. The van der Waals surface area contributed by atoms with Gasteiger partial charge in [-0.1, -0.05) is 6.92 Å². The molecule has 172 valence electrons. The summed E-state index contributed by atoms with van der Waals surface area (Å²) >= 11 is 0. The number of rotatable bonds is 10. The molecule has 1 atom stereocenters. The largest absolute Gasteiger partial charge is 0.366 e. The van der Waals surface area contributed by atoms with Gasteiger partial charge in [-0.05, 0) is 33.5 Å². The first-order valence-corrected chi connectivity index (χ1v) is 10.4. The number of aromatic amines is 1. The molecule has 1 amide bonds. The van der Waals surface area contributed by atoms with Gasteiger partial charge in [-0.2, -0.15) is 5.10 Å². The zero-order chi connectivity index (χ0) is 23.4. The van der Waals surface area contributed by atoms with E-state index >= 15 is 0 Å². The summed E-state index contributed by atoms with van der Waals surface area (Å²) in [7, 11) is 5.43. The molecule has 0 aliphatic heterocycles. The minimum atomic E-state index is -0.814. The van der Waals surface area contributed by atoms with E-state index in [2.05, 4.69) is 15.1 Å². The molecule has 0 aromatic carbocycles. The summed E-state index contributed by atoms with van der Waals surface area (Å²) < 4.78 is 12.9. The number of carbonyl (C=O) groups excluding carboxylic acids is 1. The number of methoxy groups -OCH3 is 1. The summed E-state index contributed by atoms with van der Waals surface area (Å²) in [4.78, 5) is 38.6. The average molecular weight is 444 g/mol. The van der Waals surface area contributed by atoms with Crippen molar-refractivity contribution in [1.29, 1.82) is 0 Å². The first-order chi connectivity index (χ1) is 15.3. The molecule has 3 aromatic rings. The van der Waals surface area contributed by atoms with Crippen LogP contribution in [0.15, 0.2) is 17.1 Å². The first kappa shape index (κ1) is 23.5. The number of aromatic nitrogens is 5. The summed E-state index contributed by atoms with van der Waals surface area (Å²) in [5, 5.41) is 4.48. The van der Waals surface area contributed by atoms with Crippen molar-refractivity contribution in [3.63, 3.8) is 0 Å². The Hall–Kier alpha value is -3.15. The van der Waals surface area contributed by atoms with Crippen LogP contribution in [0.2, 0.25) is 0 Å². The molecule has 0 aliphatic rings. The normalized spacial score (nSPS) is 12.6. The van der Waals surface area contributed by atoms with E-state index in [1.54, 1.807) is 0 Å². The topological polar surface area (TPSA) is 141 Å². The van der Waals surface area contributed by atoms with Crippen molar-refractivity contribution in [2.45, 2.75) is 33.1 Å². The van der Waals surface area contributed by atoms with Gasteiger partial charge in [0, 0.05) is 32.0 Å². The van der Waals surface area contributed by atoms with Crippen LogP contribution in [0, 0.1) is 0 Å². The molecule has 3 rings (SSSR count). The molecule has 11 nitrogen and oxygen atoms in total.